The lowest BCUT2D eigenvalue weighted by atomic mass is 10.1. The Balaban J connectivity index is 1.50. The zero-order valence-corrected chi connectivity index (χ0v) is 13.5. The van der Waals surface area contributed by atoms with E-state index in [2.05, 4.69) is 20.6 Å². The van der Waals surface area contributed by atoms with Crippen LogP contribution in [0.15, 0.2) is 48.9 Å². The Bertz CT molecular complexity index is 814. The summed E-state index contributed by atoms with van der Waals surface area (Å²) in [6.07, 6.45) is 6.14. The van der Waals surface area contributed by atoms with Gasteiger partial charge in [-0.3, -0.25) is 4.98 Å². The summed E-state index contributed by atoms with van der Waals surface area (Å²) in [5, 5.41) is 6.82. The summed E-state index contributed by atoms with van der Waals surface area (Å²) in [7, 11) is 1.65. The molecule has 3 N–H and O–H groups in total. The lowest BCUT2D eigenvalue weighted by Crippen LogP contribution is -2.36. The van der Waals surface area contributed by atoms with Gasteiger partial charge in [0.05, 0.1) is 7.11 Å². The Labute approximate surface area is 140 Å². The van der Waals surface area contributed by atoms with Crippen LogP contribution in [0.25, 0.3) is 10.9 Å². The van der Waals surface area contributed by atoms with Gasteiger partial charge in [-0.05, 0) is 47.9 Å². The summed E-state index contributed by atoms with van der Waals surface area (Å²) in [6.45, 7) is 1.05. The molecule has 0 atom stereocenters. The molecular formula is C18H20N4O2. The maximum atomic E-state index is 11.8. The number of aromatic amines is 1. The number of hydrogen-bond acceptors (Lipinski definition) is 3. The van der Waals surface area contributed by atoms with Crippen molar-refractivity contribution < 1.29 is 9.53 Å². The van der Waals surface area contributed by atoms with Crippen molar-refractivity contribution >= 4 is 16.9 Å². The van der Waals surface area contributed by atoms with Gasteiger partial charge in [0.15, 0.2) is 0 Å². The highest BCUT2D eigenvalue weighted by Crippen LogP contribution is 2.23. The van der Waals surface area contributed by atoms with Crippen LogP contribution in [-0.4, -0.2) is 29.7 Å². The monoisotopic (exact) mass is 324 g/mol. The third-order valence-electron chi connectivity index (χ3n) is 3.86. The van der Waals surface area contributed by atoms with E-state index in [1.165, 1.54) is 0 Å². The molecule has 0 bridgehead atoms. The Hall–Kier alpha value is -3.02. The maximum Gasteiger partial charge on any atom is 0.315 e. The first kappa shape index (κ1) is 15.9. The van der Waals surface area contributed by atoms with Crippen molar-refractivity contribution in [3.63, 3.8) is 0 Å². The maximum absolute atomic E-state index is 11.8. The van der Waals surface area contributed by atoms with Gasteiger partial charge in [0.25, 0.3) is 0 Å². The number of nitrogens with one attached hydrogen (secondary N) is 3. The predicted molar refractivity (Wildman–Crippen MR) is 93.0 cm³/mol. The second kappa shape index (κ2) is 7.50. The average Bonchev–Trinajstić information content (AvgIpc) is 3.03. The Morgan fingerprint density at radius 3 is 2.83 bits per heavy atom. The number of pyridine rings is 1. The fourth-order valence-electron chi connectivity index (χ4n) is 2.55. The largest absolute Gasteiger partial charge is 0.497 e. The highest BCUT2D eigenvalue weighted by atomic mass is 16.5. The lowest BCUT2D eigenvalue weighted by Gasteiger charge is -2.07. The molecule has 2 amide bonds. The summed E-state index contributed by atoms with van der Waals surface area (Å²) < 4.78 is 5.27. The van der Waals surface area contributed by atoms with Crippen molar-refractivity contribution in [3.05, 3.63) is 60.0 Å². The average molecular weight is 324 g/mol. The fourth-order valence-corrected chi connectivity index (χ4v) is 2.55. The molecule has 1 aromatic carbocycles. The molecule has 2 heterocycles. The fraction of sp³-hybridized carbons (Fsp3) is 0.222. The van der Waals surface area contributed by atoms with E-state index >= 15 is 0 Å². The molecule has 3 aromatic rings. The van der Waals surface area contributed by atoms with Crippen LogP contribution in [0.5, 0.6) is 5.75 Å². The first-order chi connectivity index (χ1) is 11.8. The van der Waals surface area contributed by atoms with Crippen LogP contribution in [0.2, 0.25) is 0 Å². The van der Waals surface area contributed by atoms with Crippen LogP contribution in [0.1, 0.15) is 11.1 Å². The van der Waals surface area contributed by atoms with Crippen molar-refractivity contribution in [3.8, 4) is 5.75 Å². The number of ether oxygens (including phenoxy) is 1. The molecule has 3 rings (SSSR count). The van der Waals surface area contributed by atoms with E-state index < -0.39 is 0 Å². The number of aromatic nitrogens is 2. The second-order valence-electron chi connectivity index (χ2n) is 5.44. The molecule has 124 valence electrons. The van der Waals surface area contributed by atoms with Crippen LogP contribution in [0, 0.1) is 0 Å². The van der Waals surface area contributed by atoms with Crippen LogP contribution < -0.4 is 15.4 Å². The molecule has 0 aliphatic heterocycles. The zero-order valence-electron chi connectivity index (χ0n) is 13.5. The van der Waals surface area contributed by atoms with Gasteiger partial charge < -0.3 is 20.4 Å². The molecule has 6 nitrogen and oxygen atoms in total. The van der Waals surface area contributed by atoms with E-state index in [0.29, 0.717) is 13.1 Å². The molecule has 0 fully saturated rings. The number of nitrogens with zero attached hydrogens (tertiary/aromatic N) is 1. The number of amides is 2. The summed E-state index contributed by atoms with van der Waals surface area (Å²) in [4.78, 5) is 19.0. The third-order valence-corrected chi connectivity index (χ3v) is 3.86. The van der Waals surface area contributed by atoms with Gasteiger partial charge in [-0.1, -0.05) is 0 Å². The Kier molecular flexibility index (Phi) is 4.96. The molecule has 24 heavy (non-hydrogen) atoms. The minimum absolute atomic E-state index is 0.177. The van der Waals surface area contributed by atoms with Gasteiger partial charge in [-0.15, -0.1) is 0 Å². The number of methoxy groups -OCH3 is 1. The molecule has 0 saturated carbocycles. The molecule has 2 aromatic heterocycles. The summed E-state index contributed by atoms with van der Waals surface area (Å²) in [6, 6.07) is 9.49. The smallest absolute Gasteiger partial charge is 0.315 e. The molecule has 0 spiro atoms. The van der Waals surface area contributed by atoms with Crippen molar-refractivity contribution in [2.75, 3.05) is 13.7 Å². The number of benzene rings is 1. The first-order valence-corrected chi connectivity index (χ1v) is 7.81. The van der Waals surface area contributed by atoms with Crippen LogP contribution >= 0.6 is 0 Å². The molecule has 0 saturated heterocycles. The van der Waals surface area contributed by atoms with E-state index in [9.17, 15) is 4.79 Å². The normalized spacial score (nSPS) is 10.5. The van der Waals surface area contributed by atoms with Crippen LogP contribution in [-0.2, 0) is 13.0 Å². The molecule has 0 aliphatic rings. The number of carbonyl (C=O) groups is 1. The van der Waals surface area contributed by atoms with E-state index in [4.69, 9.17) is 4.74 Å². The number of fused-ring (bicyclic) bond motifs is 1. The highest BCUT2D eigenvalue weighted by Gasteiger charge is 2.06. The first-order valence-electron chi connectivity index (χ1n) is 7.81. The van der Waals surface area contributed by atoms with E-state index in [1.807, 2.05) is 36.5 Å². The number of urea groups is 1. The van der Waals surface area contributed by atoms with Gasteiger partial charge in [0.2, 0.25) is 0 Å². The van der Waals surface area contributed by atoms with Gasteiger partial charge in [0, 0.05) is 42.6 Å². The van der Waals surface area contributed by atoms with Crippen LogP contribution in [0.3, 0.4) is 0 Å². The minimum atomic E-state index is -0.177. The van der Waals surface area contributed by atoms with Crippen molar-refractivity contribution in [1.82, 2.24) is 20.6 Å². The third kappa shape index (κ3) is 3.84. The topological polar surface area (TPSA) is 79.0 Å². The van der Waals surface area contributed by atoms with Gasteiger partial charge in [0.1, 0.15) is 5.75 Å². The van der Waals surface area contributed by atoms with Gasteiger partial charge in [-0.2, -0.15) is 0 Å². The SMILES string of the molecule is COc1ccc2[nH]cc(CCNC(=O)NCc3ccncc3)c2c1. The molecular weight excluding hydrogens is 304 g/mol. The van der Waals surface area contributed by atoms with Gasteiger partial charge in [-0.25, -0.2) is 4.79 Å². The Morgan fingerprint density at radius 1 is 1.21 bits per heavy atom. The van der Waals surface area contributed by atoms with Crippen molar-refractivity contribution in [2.45, 2.75) is 13.0 Å². The lowest BCUT2D eigenvalue weighted by molar-refractivity contribution is 0.240. The second-order valence-corrected chi connectivity index (χ2v) is 5.44. The highest BCUT2D eigenvalue weighted by molar-refractivity contribution is 5.84. The van der Waals surface area contributed by atoms with Crippen LogP contribution in [0.4, 0.5) is 4.79 Å². The summed E-state index contributed by atoms with van der Waals surface area (Å²) in [5.74, 6) is 0.825. The molecule has 0 radical (unpaired) electrons. The predicted octanol–water partition coefficient (Wildman–Crippen LogP) is 2.61. The summed E-state index contributed by atoms with van der Waals surface area (Å²) in [5.41, 5.74) is 3.23. The zero-order chi connectivity index (χ0) is 16.8. The quantitative estimate of drug-likeness (QED) is 0.652. The number of rotatable bonds is 6. The van der Waals surface area contributed by atoms with Gasteiger partial charge >= 0.3 is 6.03 Å². The molecule has 0 unspecified atom stereocenters. The molecule has 6 heteroatoms. The van der Waals surface area contributed by atoms with Crippen molar-refractivity contribution in [1.29, 1.82) is 0 Å². The van der Waals surface area contributed by atoms with E-state index in [1.54, 1.807) is 19.5 Å². The van der Waals surface area contributed by atoms with E-state index in [-0.39, 0.29) is 6.03 Å². The number of carbonyl (C=O) groups excluding carboxylic acids is 1. The number of H-pyrrole nitrogens is 1. The standard InChI is InChI=1S/C18H20N4O2/c1-24-15-2-3-17-16(10-15)14(12-21-17)6-9-20-18(23)22-11-13-4-7-19-8-5-13/h2-5,7-8,10,12,21H,6,9,11H2,1H3,(H2,20,22,23). The van der Waals surface area contributed by atoms with E-state index in [0.717, 1.165) is 34.2 Å². The minimum Gasteiger partial charge on any atom is -0.497 e. The Morgan fingerprint density at radius 2 is 2.04 bits per heavy atom. The molecule has 0 aliphatic carbocycles. The van der Waals surface area contributed by atoms with Crippen molar-refractivity contribution in [2.24, 2.45) is 0 Å². The summed E-state index contributed by atoms with van der Waals surface area (Å²) >= 11 is 0. The number of hydrogen-bond donors (Lipinski definition) is 3.